The molecule has 1 aliphatic carbocycles. The topological polar surface area (TPSA) is 84.7 Å². The highest BCUT2D eigenvalue weighted by Gasteiger charge is 2.34. The predicted molar refractivity (Wildman–Crippen MR) is 125 cm³/mol. The summed E-state index contributed by atoms with van der Waals surface area (Å²) < 4.78 is 41.8. The third kappa shape index (κ3) is 5.11. The van der Waals surface area contributed by atoms with Gasteiger partial charge in [0.2, 0.25) is 0 Å². The number of halogens is 3. The van der Waals surface area contributed by atoms with Crippen LogP contribution in [0.15, 0.2) is 67.3 Å². The average molecular weight is 480 g/mol. The van der Waals surface area contributed by atoms with Crippen molar-refractivity contribution >= 4 is 22.5 Å². The minimum atomic E-state index is -4.54. The summed E-state index contributed by atoms with van der Waals surface area (Å²) in [6.07, 6.45) is 4.95. The van der Waals surface area contributed by atoms with E-state index in [-0.39, 0.29) is 23.5 Å². The Morgan fingerprint density at radius 3 is 2.69 bits per heavy atom. The van der Waals surface area contributed by atoms with Gasteiger partial charge in [0.15, 0.2) is 0 Å². The van der Waals surface area contributed by atoms with Crippen LogP contribution < -0.4 is 10.6 Å². The molecular formula is C25H23F3N6O. The van der Waals surface area contributed by atoms with Crippen LogP contribution in [0, 0.1) is 0 Å². The number of carbonyl (C=O) groups excluding carboxylic acids is 1. The second kappa shape index (κ2) is 9.36. The Morgan fingerprint density at radius 2 is 1.89 bits per heavy atom. The number of nitrogens with one attached hydrogen (secondary N) is 2. The maximum Gasteiger partial charge on any atom is 0.433 e. The number of fused-ring (bicyclic) bond motifs is 1. The molecule has 1 amide bonds. The molecule has 1 saturated carbocycles. The highest BCUT2D eigenvalue weighted by molar-refractivity contribution is 5.94. The normalized spacial score (nSPS) is 18.4. The van der Waals surface area contributed by atoms with Gasteiger partial charge in [-0.05, 0) is 49.9 Å². The van der Waals surface area contributed by atoms with Gasteiger partial charge in [-0.2, -0.15) is 18.3 Å². The number of benzene rings is 1. The zero-order valence-electron chi connectivity index (χ0n) is 18.7. The Kier molecular flexibility index (Phi) is 6.10. The van der Waals surface area contributed by atoms with E-state index in [1.54, 1.807) is 53.6 Å². The fraction of sp³-hybridized carbons (Fsp3) is 0.280. The Bertz CT molecular complexity index is 1340. The monoisotopic (exact) mass is 480 g/mol. The molecule has 1 aromatic carbocycles. The van der Waals surface area contributed by atoms with Gasteiger partial charge in [0.1, 0.15) is 5.69 Å². The molecule has 180 valence electrons. The molecular weight excluding hydrogens is 457 g/mol. The van der Waals surface area contributed by atoms with E-state index >= 15 is 0 Å². The third-order valence-corrected chi connectivity index (χ3v) is 6.13. The molecule has 7 nitrogen and oxygen atoms in total. The summed E-state index contributed by atoms with van der Waals surface area (Å²) in [6.45, 7) is 0. The first kappa shape index (κ1) is 22.8. The number of hydrogen-bond acceptors (Lipinski definition) is 5. The van der Waals surface area contributed by atoms with Gasteiger partial charge < -0.3 is 10.6 Å². The predicted octanol–water partition coefficient (Wildman–Crippen LogP) is 4.99. The van der Waals surface area contributed by atoms with Gasteiger partial charge in [-0.25, -0.2) is 9.67 Å². The summed E-state index contributed by atoms with van der Waals surface area (Å²) in [4.78, 5) is 20.7. The minimum Gasteiger partial charge on any atom is -0.382 e. The maximum atomic E-state index is 13.4. The van der Waals surface area contributed by atoms with Crippen LogP contribution in [0.1, 0.15) is 41.7 Å². The van der Waals surface area contributed by atoms with Gasteiger partial charge >= 0.3 is 6.18 Å². The molecule has 1 fully saturated rings. The smallest absolute Gasteiger partial charge is 0.382 e. The molecule has 0 radical (unpaired) electrons. The molecule has 3 aromatic heterocycles. The summed E-state index contributed by atoms with van der Waals surface area (Å²) in [5.41, 5.74) is 0.939. The first-order chi connectivity index (χ1) is 16.9. The number of hydrogen-bond donors (Lipinski definition) is 2. The van der Waals surface area contributed by atoms with Gasteiger partial charge in [0, 0.05) is 35.6 Å². The van der Waals surface area contributed by atoms with Crippen molar-refractivity contribution in [1.82, 2.24) is 25.1 Å². The third-order valence-electron chi connectivity index (χ3n) is 6.13. The quantitative estimate of drug-likeness (QED) is 0.421. The van der Waals surface area contributed by atoms with E-state index in [1.165, 1.54) is 6.20 Å². The van der Waals surface area contributed by atoms with Crippen molar-refractivity contribution in [3.63, 3.8) is 0 Å². The van der Waals surface area contributed by atoms with Crippen molar-refractivity contribution in [3.8, 4) is 5.69 Å². The summed E-state index contributed by atoms with van der Waals surface area (Å²) in [5, 5.41) is 11.2. The van der Waals surface area contributed by atoms with E-state index in [0.717, 1.165) is 31.0 Å². The van der Waals surface area contributed by atoms with Crippen LogP contribution in [-0.2, 0) is 6.18 Å². The minimum absolute atomic E-state index is 0.0842. The molecule has 0 spiro atoms. The first-order valence-corrected chi connectivity index (χ1v) is 11.4. The highest BCUT2D eigenvalue weighted by atomic mass is 19.4. The van der Waals surface area contributed by atoms with E-state index in [2.05, 4.69) is 25.7 Å². The first-order valence-electron chi connectivity index (χ1n) is 11.4. The average Bonchev–Trinajstić information content (AvgIpc) is 3.35. The van der Waals surface area contributed by atoms with Gasteiger partial charge in [-0.15, -0.1) is 0 Å². The largest absolute Gasteiger partial charge is 0.433 e. The molecule has 5 rings (SSSR count). The number of para-hydroxylation sites is 1. The zero-order chi connectivity index (χ0) is 24.4. The number of rotatable bonds is 5. The van der Waals surface area contributed by atoms with E-state index in [1.807, 2.05) is 6.07 Å². The standard InChI is InChI=1S/C25H23F3N6O/c26-25(27,28)23-12-22(20-8-1-2-9-21(20)33-23)31-17-5-3-6-18(11-17)32-24(35)16-13-30-34(15-16)19-7-4-10-29-14-19/h1-2,4,7-10,12-15,17-18H,3,5-6,11H2,(H,31,33)(H,32,35)/t17-,18+/m0/s1. The van der Waals surface area contributed by atoms with Crippen LogP contribution in [0.3, 0.4) is 0 Å². The van der Waals surface area contributed by atoms with Gasteiger partial charge in [-0.1, -0.05) is 18.2 Å². The SMILES string of the molecule is O=C(N[C@@H]1CCC[C@H](Nc2cc(C(F)(F)F)nc3ccccc23)C1)c1cnn(-c2cccnc2)c1. The van der Waals surface area contributed by atoms with Crippen LogP contribution >= 0.6 is 0 Å². The Morgan fingerprint density at radius 1 is 1.06 bits per heavy atom. The van der Waals surface area contributed by atoms with Crippen LogP contribution in [0.5, 0.6) is 0 Å². The molecule has 1 aliphatic rings. The molecule has 2 atom stereocenters. The van der Waals surface area contributed by atoms with Crippen LogP contribution in [-0.4, -0.2) is 37.7 Å². The lowest BCUT2D eigenvalue weighted by atomic mass is 9.90. The van der Waals surface area contributed by atoms with Gasteiger partial charge in [-0.3, -0.25) is 9.78 Å². The van der Waals surface area contributed by atoms with Crippen molar-refractivity contribution in [2.24, 2.45) is 0 Å². The van der Waals surface area contributed by atoms with Crippen LogP contribution in [0.25, 0.3) is 16.6 Å². The molecule has 4 aromatic rings. The lowest BCUT2D eigenvalue weighted by Gasteiger charge is -2.31. The van der Waals surface area contributed by atoms with E-state index in [9.17, 15) is 18.0 Å². The van der Waals surface area contributed by atoms with Crippen molar-refractivity contribution in [2.75, 3.05) is 5.32 Å². The molecule has 0 saturated heterocycles. The summed E-state index contributed by atoms with van der Waals surface area (Å²) in [5.74, 6) is -0.237. The molecule has 0 aliphatic heterocycles. The van der Waals surface area contributed by atoms with E-state index < -0.39 is 11.9 Å². The molecule has 35 heavy (non-hydrogen) atoms. The fourth-order valence-corrected chi connectivity index (χ4v) is 4.45. The second-order valence-electron chi connectivity index (χ2n) is 8.63. The number of aromatic nitrogens is 4. The second-order valence-corrected chi connectivity index (χ2v) is 8.63. The molecule has 10 heteroatoms. The lowest BCUT2D eigenvalue weighted by Crippen LogP contribution is -2.41. The van der Waals surface area contributed by atoms with Crippen LogP contribution in [0.2, 0.25) is 0 Å². The van der Waals surface area contributed by atoms with Crippen molar-refractivity contribution < 1.29 is 18.0 Å². The number of alkyl halides is 3. The summed E-state index contributed by atoms with van der Waals surface area (Å²) >= 11 is 0. The zero-order valence-corrected chi connectivity index (χ0v) is 18.7. The fourth-order valence-electron chi connectivity index (χ4n) is 4.45. The number of amides is 1. The lowest BCUT2D eigenvalue weighted by molar-refractivity contribution is -0.140. The molecule has 0 bridgehead atoms. The molecule has 3 heterocycles. The van der Waals surface area contributed by atoms with Crippen molar-refractivity contribution in [2.45, 2.75) is 43.9 Å². The Labute approximate surface area is 199 Å². The summed E-state index contributed by atoms with van der Waals surface area (Å²) in [6, 6.07) is 11.3. The maximum absolute atomic E-state index is 13.4. The van der Waals surface area contributed by atoms with E-state index in [0.29, 0.717) is 23.1 Å². The number of nitrogens with zero attached hydrogens (tertiary/aromatic N) is 4. The number of pyridine rings is 2. The highest BCUT2D eigenvalue weighted by Crippen LogP contribution is 2.34. The Hall–Kier alpha value is -3.95. The van der Waals surface area contributed by atoms with Crippen molar-refractivity contribution in [3.05, 3.63) is 78.5 Å². The Balaban J connectivity index is 1.28. The van der Waals surface area contributed by atoms with Crippen molar-refractivity contribution in [1.29, 1.82) is 0 Å². The molecule has 2 N–H and O–H groups in total. The van der Waals surface area contributed by atoms with Crippen LogP contribution in [0.4, 0.5) is 18.9 Å². The number of carbonyl (C=O) groups is 1. The molecule has 0 unspecified atom stereocenters. The van der Waals surface area contributed by atoms with Gasteiger partial charge in [0.25, 0.3) is 5.91 Å². The summed E-state index contributed by atoms with van der Waals surface area (Å²) in [7, 11) is 0. The number of anilines is 1. The van der Waals surface area contributed by atoms with E-state index in [4.69, 9.17) is 0 Å². The van der Waals surface area contributed by atoms with Gasteiger partial charge in [0.05, 0.1) is 29.2 Å².